The second-order valence-electron chi connectivity index (χ2n) is 5.47. The Morgan fingerprint density at radius 2 is 2.21 bits per heavy atom. The van der Waals surface area contributed by atoms with Gasteiger partial charge in [-0.3, -0.25) is 9.78 Å². The van der Waals surface area contributed by atoms with Gasteiger partial charge in [0.2, 0.25) is 5.91 Å². The summed E-state index contributed by atoms with van der Waals surface area (Å²) in [5.41, 5.74) is 1.68. The van der Waals surface area contributed by atoms with Gasteiger partial charge in [0.15, 0.2) is 0 Å². The minimum Gasteiger partial charge on any atom is -0.459 e. The molecule has 0 unspecified atom stereocenters. The van der Waals surface area contributed by atoms with E-state index in [1.165, 1.54) is 6.08 Å². The molecule has 0 saturated carbocycles. The fourth-order valence-corrected chi connectivity index (χ4v) is 2.53. The van der Waals surface area contributed by atoms with Crippen molar-refractivity contribution in [1.82, 2.24) is 9.88 Å². The van der Waals surface area contributed by atoms with Crippen molar-refractivity contribution < 1.29 is 13.9 Å². The number of benzene rings is 1. The average Bonchev–Trinajstić information content (AvgIpc) is 2.92. The van der Waals surface area contributed by atoms with Crippen molar-refractivity contribution in [3.05, 3.63) is 66.7 Å². The van der Waals surface area contributed by atoms with Crippen LogP contribution < -0.4 is 4.74 Å². The van der Waals surface area contributed by atoms with Gasteiger partial charge in [0, 0.05) is 18.8 Å². The number of amides is 1. The highest BCUT2D eigenvalue weighted by atomic mass is 16.5. The minimum absolute atomic E-state index is 0.151. The molecule has 122 valence electrons. The molecule has 0 aliphatic carbocycles. The summed E-state index contributed by atoms with van der Waals surface area (Å²) < 4.78 is 11.9. The summed E-state index contributed by atoms with van der Waals surface area (Å²) in [5, 5.41) is 0.899. The Morgan fingerprint density at radius 1 is 1.38 bits per heavy atom. The summed E-state index contributed by atoms with van der Waals surface area (Å²) in [4.78, 5) is 17.3. The van der Waals surface area contributed by atoms with E-state index in [4.69, 9.17) is 9.15 Å². The Kier molecular flexibility index (Phi) is 4.33. The fraction of sp³-hybridized carbons (Fsp3) is 0.158. The summed E-state index contributed by atoms with van der Waals surface area (Å²) in [6, 6.07) is 9.31. The van der Waals surface area contributed by atoms with Crippen LogP contribution in [0.2, 0.25) is 0 Å². The third kappa shape index (κ3) is 3.01. The lowest BCUT2D eigenvalue weighted by molar-refractivity contribution is -0.125. The lowest BCUT2D eigenvalue weighted by Gasteiger charge is -2.13. The van der Waals surface area contributed by atoms with E-state index in [1.54, 1.807) is 24.3 Å². The molecule has 0 aliphatic rings. The van der Waals surface area contributed by atoms with E-state index in [0.717, 1.165) is 22.3 Å². The number of carbonyl (C=O) groups is 1. The monoisotopic (exact) mass is 322 g/mol. The van der Waals surface area contributed by atoms with Gasteiger partial charge < -0.3 is 14.1 Å². The number of nitrogens with zero attached hydrogens (tertiary/aromatic N) is 2. The molecule has 0 fully saturated rings. The van der Waals surface area contributed by atoms with Crippen molar-refractivity contribution in [1.29, 1.82) is 0 Å². The first-order valence-electron chi connectivity index (χ1n) is 7.56. The van der Waals surface area contributed by atoms with Crippen LogP contribution in [0.5, 0.6) is 11.5 Å². The number of furan rings is 1. The maximum atomic E-state index is 11.7. The first kappa shape index (κ1) is 15.8. The summed E-state index contributed by atoms with van der Waals surface area (Å²) in [6.45, 7) is 5.84. The molecule has 0 radical (unpaired) electrons. The van der Waals surface area contributed by atoms with Crippen LogP contribution in [0, 0.1) is 6.92 Å². The van der Waals surface area contributed by atoms with Crippen LogP contribution in [-0.2, 0) is 11.3 Å². The van der Waals surface area contributed by atoms with Crippen molar-refractivity contribution in [2.24, 2.45) is 0 Å². The maximum absolute atomic E-state index is 11.7. The van der Waals surface area contributed by atoms with E-state index < -0.39 is 0 Å². The quantitative estimate of drug-likeness (QED) is 0.664. The predicted molar refractivity (Wildman–Crippen MR) is 91.9 cm³/mol. The third-order valence-corrected chi connectivity index (χ3v) is 3.81. The maximum Gasteiger partial charge on any atom is 0.246 e. The highest BCUT2D eigenvalue weighted by Gasteiger charge is 2.17. The number of fused-ring (bicyclic) bond motifs is 1. The standard InChI is InChI=1S/C19H18N2O3/c1-4-18(22)21(3)12-17-13(2)19-15(8-5-9-16(19)24-17)23-14-7-6-10-20-11-14/h4-11H,1,12H2,2-3H3. The Hall–Kier alpha value is -3.08. The zero-order chi connectivity index (χ0) is 17.1. The molecule has 3 rings (SSSR count). The Balaban J connectivity index is 1.98. The van der Waals surface area contributed by atoms with Gasteiger partial charge in [-0.15, -0.1) is 0 Å². The second kappa shape index (κ2) is 6.58. The zero-order valence-corrected chi connectivity index (χ0v) is 13.7. The lowest BCUT2D eigenvalue weighted by atomic mass is 10.1. The topological polar surface area (TPSA) is 55.6 Å². The number of hydrogen-bond donors (Lipinski definition) is 0. The van der Waals surface area contributed by atoms with E-state index >= 15 is 0 Å². The van der Waals surface area contributed by atoms with Crippen molar-refractivity contribution in [3.63, 3.8) is 0 Å². The molecule has 24 heavy (non-hydrogen) atoms. The number of rotatable bonds is 5. The van der Waals surface area contributed by atoms with Gasteiger partial charge in [0.25, 0.3) is 0 Å². The van der Waals surface area contributed by atoms with Crippen LogP contribution in [0.4, 0.5) is 0 Å². The number of carbonyl (C=O) groups excluding carboxylic acids is 1. The number of aryl methyl sites for hydroxylation is 1. The summed E-state index contributed by atoms with van der Waals surface area (Å²) >= 11 is 0. The summed E-state index contributed by atoms with van der Waals surface area (Å²) in [6.07, 6.45) is 4.64. The van der Waals surface area contributed by atoms with E-state index in [9.17, 15) is 4.79 Å². The molecule has 0 spiro atoms. The van der Waals surface area contributed by atoms with Crippen LogP contribution in [0.3, 0.4) is 0 Å². The molecule has 5 nitrogen and oxygen atoms in total. The van der Waals surface area contributed by atoms with Crippen molar-refractivity contribution in [3.8, 4) is 11.5 Å². The average molecular weight is 322 g/mol. The number of hydrogen-bond acceptors (Lipinski definition) is 4. The Morgan fingerprint density at radius 3 is 2.92 bits per heavy atom. The minimum atomic E-state index is -0.151. The lowest BCUT2D eigenvalue weighted by Crippen LogP contribution is -2.23. The molecular formula is C19H18N2O3. The van der Waals surface area contributed by atoms with Crippen molar-refractivity contribution >= 4 is 16.9 Å². The molecule has 2 aromatic heterocycles. The molecule has 0 N–H and O–H groups in total. The molecule has 0 saturated heterocycles. The number of aromatic nitrogens is 1. The first-order valence-corrected chi connectivity index (χ1v) is 7.56. The first-order chi connectivity index (χ1) is 11.6. The van der Waals surface area contributed by atoms with Gasteiger partial charge in [0.05, 0.1) is 18.1 Å². The molecule has 2 heterocycles. The van der Waals surface area contributed by atoms with Crippen LogP contribution >= 0.6 is 0 Å². The van der Waals surface area contributed by atoms with E-state index in [0.29, 0.717) is 18.0 Å². The van der Waals surface area contributed by atoms with Gasteiger partial charge in [-0.25, -0.2) is 0 Å². The molecule has 3 aromatic rings. The van der Waals surface area contributed by atoms with Crippen molar-refractivity contribution in [2.75, 3.05) is 7.05 Å². The third-order valence-electron chi connectivity index (χ3n) is 3.81. The van der Waals surface area contributed by atoms with Crippen LogP contribution in [0.15, 0.2) is 59.8 Å². The molecule has 1 aromatic carbocycles. The van der Waals surface area contributed by atoms with Gasteiger partial charge in [-0.05, 0) is 37.3 Å². The van der Waals surface area contributed by atoms with Gasteiger partial charge in [-0.2, -0.15) is 0 Å². The normalized spacial score (nSPS) is 10.6. The van der Waals surface area contributed by atoms with E-state index in [2.05, 4.69) is 11.6 Å². The molecule has 0 atom stereocenters. The Bertz CT molecular complexity index is 884. The predicted octanol–water partition coefficient (Wildman–Crippen LogP) is 4.07. The number of pyridine rings is 1. The smallest absolute Gasteiger partial charge is 0.246 e. The fourth-order valence-electron chi connectivity index (χ4n) is 2.53. The van der Waals surface area contributed by atoms with E-state index in [1.807, 2.05) is 37.3 Å². The van der Waals surface area contributed by atoms with Gasteiger partial charge >= 0.3 is 0 Å². The van der Waals surface area contributed by atoms with Crippen LogP contribution in [0.25, 0.3) is 11.0 Å². The van der Waals surface area contributed by atoms with Gasteiger partial charge in [0.1, 0.15) is 22.8 Å². The van der Waals surface area contributed by atoms with E-state index in [-0.39, 0.29) is 5.91 Å². The molecule has 5 heteroatoms. The van der Waals surface area contributed by atoms with Gasteiger partial charge in [-0.1, -0.05) is 12.6 Å². The highest BCUT2D eigenvalue weighted by molar-refractivity contribution is 5.89. The van der Waals surface area contributed by atoms with Crippen LogP contribution in [-0.4, -0.2) is 22.8 Å². The molecule has 1 amide bonds. The summed E-state index contributed by atoms with van der Waals surface area (Å²) in [7, 11) is 1.71. The largest absolute Gasteiger partial charge is 0.459 e. The number of ether oxygens (including phenoxy) is 1. The molecular weight excluding hydrogens is 304 g/mol. The zero-order valence-electron chi connectivity index (χ0n) is 13.7. The second-order valence-corrected chi connectivity index (χ2v) is 5.47. The Labute approximate surface area is 140 Å². The summed E-state index contributed by atoms with van der Waals surface area (Å²) in [5.74, 6) is 1.93. The number of likely N-dealkylation sites (N-methyl/N-ethyl adjacent to an activating group) is 1. The van der Waals surface area contributed by atoms with Crippen LogP contribution in [0.1, 0.15) is 11.3 Å². The molecule has 0 aliphatic heterocycles. The highest BCUT2D eigenvalue weighted by Crippen LogP contribution is 2.35. The van der Waals surface area contributed by atoms with Crippen molar-refractivity contribution in [2.45, 2.75) is 13.5 Å². The SMILES string of the molecule is C=CC(=O)N(C)Cc1oc2cccc(Oc3cccnc3)c2c1C. The molecule has 0 bridgehead atoms.